The molecule has 0 fully saturated rings. The third kappa shape index (κ3) is 4.23. The molecular formula is C12H11Cl3O2. The Morgan fingerprint density at radius 3 is 2.18 bits per heavy atom. The molecule has 1 aromatic rings. The lowest BCUT2D eigenvalue weighted by Gasteiger charge is -2.09. The number of methoxy groups -OCH3 is 1. The molecular weight excluding hydrogens is 282 g/mol. The number of carbonyl (C=O) groups excluding carboxylic acids is 1. The van der Waals surface area contributed by atoms with Crippen LogP contribution in [0.5, 0.6) is 0 Å². The molecule has 0 atom stereocenters. The summed E-state index contributed by atoms with van der Waals surface area (Å²) in [6.07, 6.45) is 1.18. The number of allylic oxidation sites excluding steroid dienone is 1. The van der Waals surface area contributed by atoms with Crippen molar-refractivity contribution in [1.82, 2.24) is 0 Å². The van der Waals surface area contributed by atoms with E-state index in [1.807, 2.05) is 31.2 Å². The lowest BCUT2D eigenvalue weighted by Crippen LogP contribution is -2.16. The van der Waals surface area contributed by atoms with Crippen molar-refractivity contribution in [3.05, 3.63) is 41.5 Å². The smallest absolute Gasteiger partial charge is 0.252 e. The zero-order valence-electron chi connectivity index (χ0n) is 9.34. The number of carbonyl (C=O) groups is 1. The van der Waals surface area contributed by atoms with Crippen LogP contribution in [0.4, 0.5) is 0 Å². The molecule has 0 saturated heterocycles. The first-order valence-electron chi connectivity index (χ1n) is 4.78. The van der Waals surface area contributed by atoms with Gasteiger partial charge in [-0.25, -0.2) is 0 Å². The third-order valence-electron chi connectivity index (χ3n) is 2.10. The second kappa shape index (κ2) is 5.76. The number of alkyl halides is 3. The Bertz CT molecular complexity index is 430. The molecule has 0 amide bonds. The molecule has 17 heavy (non-hydrogen) atoms. The molecule has 0 aliphatic rings. The van der Waals surface area contributed by atoms with Crippen LogP contribution in [0.2, 0.25) is 0 Å². The highest BCUT2D eigenvalue weighted by atomic mass is 35.6. The van der Waals surface area contributed by atoms with E-state index >= 15 is 0 Å². The first-order valence-corrected chi connectivity index (χ1v) is 5.92. The standard InChI is InChI=1S/C12H11Cl3O2/c1-8-3-5-9(6-4-8)10(17-2)7-11(16)12(13,14)15/h3-7H,1-2H3/b10-7+. The van der Waals surface area contributed by atoms with Crippen LogP contribution in [0.1, 0.15) is 11.1 Å². The fourth-order valence-electron chi connectivity index (χ4n) is 1.18. The average molecular weight is 294 g/mol. The largest absolute Gasteiger partial charge is 0.496 e. The number of hydrogen-bond donors (Lipinski definition) is 0. The van der Waals surface area contributed by atoms with Gasteiger partial charge >= 0.3 is 0 Å². The van der Waals surface area contributed by atoms with Crippen molar-refractivity contribution in [1.29, 1.82) is 0 Å². The van der Waals surface area contributed by atoms with Crippen LogP contribution in [-0.4, -0.2) is 16.7 Å². The Hall–Kier alpha value is -0.700. The molecule has 0 aliphatic heterocycles. The highest BCUT2D eigenvalue weighted by Gasteiger charge is 2.29. The van der Waals surface area contributed by atoms with E-state index in [9.17, 15) is 4.79 Å². The maximum absolute atomic E-state index is 11.5. The fourth-order valence-corrected chi connectivity index (χ4v) is 1.34. The Labute approximate surface area is 115 Å². The molecule has 0 aliphatic carbocycles. The number of benzene rings is 1. The zero-order valence-corrected chi connectivity index (χ0v) is 11.6. The molecule has 0 heterocycles. The predicted molar refractivity (Wildman–Crippen MR) is 71.5 cm³/mol. The van der Waals surface area contributed by atoms with Gasteiger partial charge < -0.3 is 4.74 Å². The minimum absolute atomic E-state index is 0.362. The summed E-state index contributed by atoms with van der Waals surface area (Å²) in [7, 11) is 1.46. The van der Waals surface area contributed by atoms with Crippen LogP contribution in [0, 0.1) is 6.92 Å². The van der Waals surface area contributed by atoms with Gasteiger partial charge in [-0.1, -0.05) is 64.6 Å². The van der Waals surface area contributed by atoms with Crippen molar-refractivity contribution in [2.75, 3.05) is 7.11 Å². The average Bonchev–Trinajstić information content (AvgIpc) is 2.25. The SMILES string of the molecule is CO/C(=C/C(=O)C(Cl)(Cl)Cl)c1ccc(C)cc1. The normalized spacial score (nSPS) is 12.4. The molecule has 92 valence electrons. The summed E-state index contributed by atoms with van der Waals surface area (Å²) in [6.45, 7) is 1.96. The maximum atomic E-state index is 11.5. The van der Waals surface area contributed by atoms with Gasteiger partial charge in [0.2, 0.25) is 5.78 Å². The molecule has 1 rings (SSSR count). The second-order valence-corrected chi connectivity index (χ2v) is 5.72. The number of halogens is 3. The van der Waals surface area contributed by atoms with Crippen molar-refractivity contribution in [2.45, 2.75) is 10.7 Å². The number of ketones is 1. The summed E-state index contributed by atoms with van der Waals surface area (Å²) in [4.78, 5) is 11.5. The van der Waals surface area contributed by atoms with Crippen molar-refractivity contribution in [2.24, 2.45) is 0 Å². The van der Waals surface area contributed by atoms with Gasteiger partial charge in [-0.2, -0.15) is 0 Å². The fraction of sp³-hybridized carbons (Fsp3) is 0.250. The van der Waals surface area contributed by atoms with E-state index in [-0.39, 0.29) is 0 Å². The predicted octanol–water partition coefficient (Wildman–Crippen LogP) is 3.92. The third-order valence-corrected chi connectivity index (χ3v) is 2.66. The molecule has 0 N–H and O–H groups in total. The molecule has 0 saturated carbocycles. The van der Waals surface area contributed by atoms with Crippen LogP contribution < -0.4 is 0 Å². The van der Waals surface area contributed by atoms with Crippen LogP contribution in [0.25, 0.3) is 5.76 Å². The molecule has 5 heteroatoms. The first kappa shape index (κ1) is 14.4. The molecule has 0 spiro atoms. The Balaban J connectivity index is 3.04. The zero-order chi connectivity index (χ0) is 13.1. The number of hydrogen-bond acceptors (Lipinski definition) is 2. The van der Waals surface area contributed by atoms with E-state index in [0.29, 0.717) is 5.76 Å². The first-order chi connectivity index (χ1) is 7.84. The van der Waals surface area contributed by atoms with Crippen molar-refractivity contribution >= 4 is 46.3 Å². The van der Waals surface area contributed by atoms with Crippen molar-refractivity contribution in [3.63, 3.8) is 0 Å². The number of ether oxygens (including phenoxy) is 1. The van der Waals surface area contributed by atoms with E-state index in [0.717, 1.165) is 11.1 Å². The molecule has 0 unspecified atom stereocenters. The molecule has 0 bridgehead atoms. The Morgan fingerprint density at radius 2 is 1.76 bits per heavy atom. The summed E-state index contributed by atoms with van der Waals surface area (Å²) in [6, 6.07) is 7.47. The van der Waals surface area contributed by atoms with E-state index in [4.69, 9.17) is 39.5 Å². The summed E-state index contributed by atoms with van der Waals surface area (Å²) < 4.78 is 3.14. The number of rotatable bonds is 3. The monoisotopic (exact) mass is 292 g/mol. The lowest BCUT2D eigenvalue weighted by atomic mass is 10.1. The molecule has 2 nitrogen and oxygen atoms in total. The van der Waals surface area contributed by atoms with Gasteiger partial charge in [0.25, 0.3) is 3.79 Å². The highest BCUT2D eigenvalue weighted by Crippen LogP contribution is 2.29. The quantitative estimate of drug-likeness (QED) is 0.479. The summed E-state index contributed by atoms with van der Waals surface area (Å²) in [5.74, 6) is -0.277. The summed E-state index contributed by atoms with van der Waals surface area (Å²) in [5, 5.41) is 0. The lowest BCUT2D eigenvalue weighted by molar-refractivity contribution is -0.113. The second-order valence-electron chi connectivity index (χ2n) is 3.44. The van der Waals surface area contributed by atoms with Gasteiger partial charge in [0.05, 0.1) is 7.11 Å². The van der Waals surface area contributed by atoms with Gasteiger partial charge in [0, 0.05) is 11.6 Å². The van der Waals surface area contributed by atoms with Gasteiger partial charge in [-0.3, -0.25) is 4.79 Å². The molecule has 0 aromatic heterocycles. The molecule has 0 radical (unpaired) electrons. The minimum atomic E-state index is -1.96. The van der Waals surface area contributed by atoms with E-state index in [2.05, 4.69) is 0 Å². The van der Waals surface area contributed by atoms with Gasteiger partial charge in [0.15, 0.2) is 0 Å². The highest BCUT2D eigenvalue weighted by molar-refractivity contribution is 6.77. The van der Waals surface area contributed by atoms with E-state index in [1.165, 1.54) is 13.2 Å². The van der Waals surface area contributed by atoms with Crippen LogP contribution in [0.15, 0.2) is 30.3 Å². The van der Waals surface area contributed by atoms with E-state index < -0.39 is 9.58 Å². The molecule has 1 aromatic carbocycles. The van der Waals surface area contributed by atoms with E-state index in [1.54, 1.807) is 0 Å². The topological polar surface area (TPSA) is 26.3 Å². The van der Waals surface area contributed by atoms with Crippen LogP contribution >= 0.6 is 34.8 Å². The van der Waals surface area contributed by atoms with Gasteiger partial charge in [0.1, 0.15) is 5.76 Å². The van der Waals surface area contributed by atoms with Crippen LogP contribution in [0.3, 0.4) is 0 Å². The maximum Gasteiger partial charge on any atom is 0.252 e. The van der Waals surface area contributed by atoms with Crippen molar-refractivity contribution in [3.8, 4) is 0 Å². The number of aryl methyl sites for hydroxylation is 1. The van der Waals surface area contributed by atoms with Crippen LogP contribution in [-0.2, 0) is 9.53 Å². The van der Waals surface area contributed by atoms with Gasteiger partial charge in [-0.05, 0) is 6.92 Å². The Kier molecular flexibility index (Phi) is 4.87. The summed E-state index contributed by atoms with van der Waals surface area (Å²) in [5.41, 5.74) is 1.86. The Morgan fingerprint density at radius 1 is 1.24 bits per heavy atom. The van der Waals surface area contributed by atoms with Crippen molar-refractivity contribution < 1.29 is 9.53 Å². The minimum Gasteiger partial charge on any atom is -0.496 e. The summed E-state index contributed by atoms with van der Waals surface area (Å²) >= 11 is 16.4. The van der Waals surface area contributed by atoms with Gasteiger partial charge in [-0.15, -0.1) is 0 Å².